The number of amides is 1. The van der Waals surface area contributed by atoms with Crippen LogP contribution in [0, 0.1) is 0 Å². The number of carbonyl (C=O) groups excluding carboxylic acids is 1. The average Bonchev–Trinajstić information content (AvgIpc) is 2.81. The zero-order valence-corrected chi connectivity index (χ0v) is 13.3. The SMILES string of the molecule is O=C(OCc1ccccc1)N1CCNc2cc(C(F)(F)F)ccc2C1. The molecule has 0 fully saturated rings. The molecule has 0 unspecified atom stereocenters. The molecule has 0 spiro atoms. The lowest BCUT2D eigenvalue weighted by atomic mass is 10.1. The van der Waals surface area contributed by atoms with Crippen LogP contribution in [-0.2, 0) is 24.1 Å². The number of halogens is 3. The number of nitrogens with one attached hydrogen (secondary N) is 1. The van der Waals surface area contributed by atoms with Crippen LogP contribution in [0.2, 0.25) is 0 Å². The van der Waals surface area contributed by atoms with Crippen molar-refractivity contribution in [1.82, 2.24) is 4.90 Å². The molecule has 2 aromatic carbocycles. The van der Waals surface area contributed by atoms with E-state index in [0.29, 0.717) is 24.3 Å². The monoisotopic (exact) mass is 350 g/mol. The molecule has 1 N–H and O–H groups in total. The summed E-state index contributed by atoms with van der Waals surface area (Å²) >= 11 is 0. The molecule has 7 heteroatoms. The zero-order valence-electron chi connectivity index (χ0n) is 13.3. The van der Waals surface area contributed by atoms with E-state index in [1.165, 1.54) is 11.0 Å². The lowest BCUT2D eigenvalue weighted by molar-refractivity contribution is -0.137. The number of hydrogen-bond acceptors (Lipinski definition) is 3. The molecule has 0 aliphatic carbocycles. The van der Waals surface area contributed by atoms with Crippen LogP contribution in [0.3, 0.4) is 0 Å². The molecule has 1 amide bonds. The van der Waals surface area contributed by atoms with Gasteiger partial charge < -0.3 is 15.0 Å². The van der Waals surface area contributed by atoms with Gasteiger partial charge in [0.05, 0.1) is 12.1 Å². The summed E-state index contributed by atoms with van der Waals surface area (Å²) in [4.78, 5) is 13.7. The maximum atomic E-state index is 12.8. The standard InChI is InChI=1S/C18H17F3N2O2/c19-18(20,21)15-7-6-14-11-23(9-8-22-16(14)10-15)17(24)25-12-13-4-2-1-3-5-13/h1-7,10,22H,8-9,11-12H2. The van der Waals surface area contributed by atoms with E-state index in [1.807, 2.05) is 30.3 Å². The van der Waals surface area contributed by atoms with Crippen LogP contribution in [0.5, 0.6) is 0 Å². The number of benzene rings is 2. The fraction of sp³-hybridized carbons (Fsp3) is 0.278. The topological polar surface area (TPSA) is 41.6 Å². The first-order valence-electron chi connectivity index (χ1n) is 7.83. The lowest BCUT2D eigenvalue weighted by Crippen LogP contribution is -2.33. The van der Waals surface area contributed by atoms with E-state index in [9.17, 15) is 18.0 Å². The van der Waals surface area contributed by atoms with Gasteiger partial charge in [-0.25, -0.2) is 4.79 Å². The minimum absolute atomic E-state index is 0.156. The average molecular weight is 350 g/mol. The highest BCUT2D eigenvalue weighted by molar-refractivity contribution is 5.69. The molecule has 1 aliphatic rings. The lowest BCUT2D eigenvalue weighted by Gasteiger charge is -2.20. The van der Waals surface area contributed by atoms with Gasteiger partial charge in [0.2, 0.25) is 0 Å². The van der Waals surface area contributed by atoms with Crippen molar-refractivity contribution in [3.8, 4) is 0 Å². The first-order chi connectivity index (χ1) is 11.9. The van der Waals surface area contributed by atoms with Crippen LogP contribution >= 0.6 is 0 Å². The predicted molar refractivity (Wildman–Crippen MR) is 87.0 cm³/mol. The summed E-state index contributed by atoms with van der Waals surface area (Å²) < 4.78 is 43.7. The highest BCUT2D eigenvalue weighted by Gasteiger charge is 2.31. The van der Waals surface area contributed by atoms with Gasteiger partial charge in [0.15, 0.2) is 0 Å². The van der Waals surface area contributed by atoms with E-state index in [-0.39, 0.29) is 13.2 Å². The Labute approximate surface area is 143 Å². The number of nitrogens with zero attached hydrogens (tertiary/aromatic N) is 1. The van der Waals surface area contributed by atoms with E-state index in [0.717, 1.165) is 17.7 Å². The molecule has 25 heavy (non-hydrogen) atoms. The Kier molecular flexibility index (Phi) is 4.83. The van der Waals surface area contributed by atoms with Crippen LogP contribution in [0.4, 0.5) is 23.7 Å². The molecule has 0 saturated carbocycles. The Morgan fingerprint density at radius 2 is 1.92 bits per heavy atom. The number of ether oxygens (including phenoxy) is 1. The van der Waals surface area contributed by atoms with Gasteiger partial charge in [-0.2, -0.15) is 13.2 Å². The van der Waals surface area contributed by atoms with E-state index in [2.05, 4.69) is 5.32 Å². The summed E-state index contributed by atoms with van der Waals surface area (Å²) in [6.45, 7) is 1.07. The Balaban J connectivity index is 1.68. The maximum absolute atomic E-state index is 12.8. The second-order valence-electron chi connectivity index (χ2n) is 5.76. The van der Waals surface area contributed by atoms with Crippen LogP contribution in [0.1, 0.15) is 16.7 Å². The van der Waals surface area contributed by atoms with Crippen LogP contribution < -0.4 is 5.32 Å². The van der Waals surface area contributed by atoms with Crippen molar-refractivity contribution in [3.05, 3.63) is 65.2 Å². The summed E-state index contributed by atoms with van der Waals surface area (Å²) in [5.41, 5.74) is 1.19. The second-order valence-corrected chi connectivity index (χ2v) is 5.76. The van der Waals surface area contributed by atoms with Gasteiger partial charge in [0.1, 0.15) is 6.61 Å². The van der Waals surface area contributed by atoms with Gasteiger partial charge in [-0.3, -0.25) is 0 Å². The molecule has 0 radical (unpaired) electrons. The Hall–Kier alpha value is -2.70. The van der Waals surface area contributed by atoms with Crippen molar-refractivity contribution in [3.63, 3.8) is 0 Å². The Bertz CT molecular complexity index is 748. The van der Waals surface area contributed by atoms with Gasteiger partial charge in [-0.1, -0.05) is 36.4 Å². The van der Waals surface area contributed by atoms with Crippen LogP contribution in [0.25, 0.3) is 0 Å². The normalized spacial score (nSPS) is 14.3. The first-order valence-corrected chi connectivity index (χ1v) is 7.83. The molecule has 0 atom stereocenters. The highest BCUT2D eigenvalue weighted by Crippen LogP contribution is 2.33. The van der Waals surface area contributed by atoms with E-state index < -0.39 is 17.8 Å². The van der Waals surface area contributed by atoms with Crippen molar-refractivity contribution in [2.24, 2.45) is 0 Å². The summed E-state index contributed by atoms with van der Waals surface area (Å²) in [6.07, 6.45) is -4.88. The number of hydrogen-bond donors (Lipinski definition) is 1. The zero-order chi connectivity index (χ0) is 17.9. The largest absolute Gasteiger partial charge is 0.445 e. The summed E-state index contributed by atoms with van der Waals surface area (Å²) in [5, 5.41) is 2.95. The molecular weight excluding hydrogens is 333 g/mol. The Morgan fingerprint density at radius 3 is 2.64 bits per heavy atom. The van der Waals surface area contributed by atoms with Gasteiger partial charge in [-0.05, 0) is 23.3 Å². The number of alkyl halides is 3. The molecule has 2 aromatic rings. The number of fused-ring (bicyclic) bond motifs is 1. The van der Waals surface area contributed by atoms with Crippen LogP contribution in [-0.4, -0.2) is 24.1 Å². The molecule has 1 heterocycles. The molecule has 132 valence electrons. The third-order valence-electron chi connectivity index (χ3n) is 3.96. The molecule has 4 nitrogen and oxygen atoms in total. The molecule has 0 saturated heterocycles. The molecular formula is C18H17F3N2O2. The maximum Gasteiger partial charge on any atom is 0.416 e. The van der Waals surface area contributed by atoms with Gasteiger partial charge in [0.25, 0.3) is 0 Å². The van der Waals surface area contributed by atoms with Crippen molar-refractivity contribution in [2.45, 2.75) is 19.3 Å². The quantitative estimate of drug-likeness (QED) is 0.879. The van der Waals surface area contributed by atoms with Crippen molar-refractivity contribution in [2.75, 3.05) is 18.4 Å². The van der Waals surface area contributed by atoms with Gasteiger partial charge in [-0.15, -0.1) is 0 Å². The van der Waals surface area contributed by atoms with Crippen molar-refractivity contribution in [1.29, 1.82) is 0 Å². The summed E-state index contributed by atoms with van der Waals surface area (Å²) in [6, 6.07) is 12.8. The smallest absolute Gasteiger partial charge is 0.416 e. The number of rotatable bonds is 2. The minimum Gasteiger partial charge on any atom is -0.445 e. The number of carbonyl (C=O) groups is 1. The predicted octanol–water partition coefficient (Wildman–Crippen LogP) is 4.27. The summed E-state index contributed by atoms with van der Waals surface area (Å²) in [7, 11) is 0. The van der Waals surface area contributed by atoms with E-state index in [4.69, 9.17) is 4.74 Å². The second kappa shape index (κ2) is 7.04. The van der Waals surface area contributed by atoms with Gasteiger partial charge in [0, 0.05) is 18.8 Å². The summed E-state index contributed by atoms with van der Waals surface area (Å²) in [5.74, 6) is 0. The number of anilines is 1. The van der Waals surface area contributed by atoms with Crippen LogP contribution in [0.15, 0.2) is 48.5 Å². The Morgan fingerprint density at radius 1 is 1.16 bits per heavy atom. The fourth-order valence-corrected chi connectivity index (χ4v) is 2.63. The molecule has 1 aliphatic heterocycles. The fourth-order valence-electron chi connectivity index (χ4n) is 2.63. The molecule has 0 aromatic heterocycles. The van der Waals surface area contributed by atoms with E-state index in [1.54, 1.807) is 0 Å². The van der Waals surface area contributed by atoms with E-state index >= 15 is 0 Å². The molecule has 3 rings (SSSR count). The minimum atomic E-state index is -4.39. The first kappa shape index (κ1) is 17.1. The van der Waals surface area contributed by atoms with Gasteiger partial charge >= 0.3 is 12.3 Å². The third-order valence-corrected chi connectivity index (χ3v) is 3.96. The van der Waals surface area contributed by atoms with Crippen molar-refractivity contribution < 1.29 is 22.7 Å². The molecule has 0 bridgehead atoms. The third kappa shape index (κ3) is 4.23. The highest BCUT2D eigenvalue weighted by atomic mass is 19.4. The van der Waals surface area contributed by atoms with Crippen molar-refractivity contribution >= 4 is 11.8 Å².